The molecule has 2 unspecified atom stereocenters. The summed E-state index contributed by atoms with van der Waals surface area (Å²) in [5, 5.41) is 0. The van der Waals surface area contributed by atoms with Gasteiger partial charge >= 0.3 is 12.1 Å². The molecule has 164 valence electrons. The first kappa shape index (κ1) is 23.5. The number of ether oxygens (including phenoxy) is 3. The van der Waals surface area contributed by atoms with Crippen LogP contribution >= 0.6 is 0 Å². The molecule has 6 heteroatoms. The van der Waals surface area contributed by atoms with Gasteiger partial charge in [-0.25, -0.2) is 4.79 Å². The van der Waals surface area contributed by atoms with Crippen molar-refractivity contribution in [3.8, 4) is 0 Å². The van der Waals surface area contributed by atoms with E-state index in [2.05, 4.69) is 18.2 Å². The molecule has 0 bridgehead atoms. The average molecular weight is 408 g/mol. The summed E-state index contributed by atoms with van der Waals surface area (Å²) in [6, 6.07) is 0. The Labute approximate surface area is 175 Å². The quantitative estimate of drug-likeness (QED) is 0.600. The molecule has 29 heavy (non-hydrogen) atoms. The van der Waals surface area contributed by atoms with Gasteiger partial charge in [-0.3, -0.25) is 4.79 Å². The molecule has 1 amide bonds. The third kappa shape index (κ3) is 6.59. The molecule has 0 aromatic rings. The first-order chi connectivity index (χ1) is 13.6. The maximum absolute atomic E-state index is 12.3. The first-order valence-corrected chi connectivity index (χ1v) is 10.7. The number of piperidine rings is 1. The van der Waals surface area contributed by atoms with E-state index in [0.717, 1.165) is 32.1 Å². The van der Waals surface area contributed by atoms with Crippen molar-refractivity contribution in [1.29, 1.82) is 0 Å². The predicted molar refractivity (Wildman–Crippen MR) is 113 cm³/mol. The van der Waals surface area contributed by atoms with Crippen LogP contribution in [0.15, 0.2) is 23.8 Å². The molecule has 6 nitrogen and oxygen atoms in total. The van der Waals surface area contributed by atoms with Crippen molar-refractivity contribution in [3.05, 3.63) is 23.8 Å². The number of nitrogens with zero attached hydrogens (tertiary/aromatic N) is 1. The summed E-state index contributed by atoms with van der Waals surface area (Å²) < 4.78 is 16.9. The topological polar surface area (TPSA) is 65.1 Å². The Morgan fingerprint density at radius 1 is 1.28 bits per heavy atom. The molecule has 0 aromatic carbocycles. The fraction of sp³-hybridized carbons (Fsp3) is 0.739. The monoisotopic (exact) mass is 407 g/mol. The van der Waals surface area contributed by atoms with Crippen LogP contribution in [0.25, 0.3) is 0 Å². The summed E-state index contributed by atoms with van der Waals surface area (Å²) in [4.78, 5) is 25.4. The molecule has 0 radical (unpaired) electrons. The molecule has 0 N–H and O–H groups in total. The van der Waals surface area contributed by atoms with Gasteiger partial charge in [0.25, 0.3) is 0 Å². The molecule has 1 saturated heterocycles. The van der Waals surface area contributed by atoms with E-state index in [9.17, 15) is 9.59 Å². The number of amides is 1. The molecule has 0 spiro atoms. The van der Waals surface area contributed by atoms with E-state index in [0.29, 0.717) is 19.0 Å². The van der Waals surface area contributed by atoms with Crippen LogP contribution in [0.4, 0.5) is 4.79 Å². The fourth-order valence-corrected chi connectivity index (χ4v) is 4.09. The Kier molecular flexibility index (Phi) is 7.92. The molecular weight excluding hydrogens is 370 g/mol. The van der Waals surface area contributed by atoms with Crippen LogP contribution in [-0.4, -0.2) is 54.5 Å². The number of hydrogen-bond acceptors (Lipinski definition) is 5. The van der Waals surface area contributed by atoms with Crippen molar-refractivity contribution in [3.63, 3.8) is 0 Å². The Bertz CT molecular complexity index is 640. The zero-order valence-electron chi connectivity index (χ0n) is 18.8. The van der Waals surface area contributed by atoms with Gasteiger partial charge in [0, 0.05) is 33.5 Å². The molecular formula is C23H37NO5. The lowest BCUT2D eigenvalue weighted by Crippen LogP contribution is -2.48. The molecule has 1 fully saturated rings. The highest BCUT2D eigenvalue weighted by atomic mass is 16.6. The van der Waals surface area contributed by atoms with Gasteiger partial charge in [0.2, 0.25) is 0 Å². The molecule has 2 aliphatic rings. The van der Waals surface area contributed by atoms with Gasteiger partial charge in [0.1, 0.15) is 11.7 Å². The van der Waals surface area contributed by atoms with Crippen molar-refractivity contribution in [2.45, 2.75) is 84.0 Å². The van der Waals surface area contributed by atoms with Crippen molar-refractivity contribution in [2.24, 2.45) is 5.92 Å². The fourth-order valence-electron chi connectivity index (χ4n) is 4.09. The molecule has 0 saturated carbocycles. The van der Waals surface area contributed by atoms with Crippen LogP contribution in [0, 0.1) is 5.92 Å². The lowest BCUT2D eigenvalue weighted by atomic mass is 9.75. The third-order valence-electron chi connectivity index (χ3n) is 5.73. The zero-order valence-corrected chi connectivity index (χ0v) is 18.8. The normalized spacial score (nSPS) is 24.1. The highest BCUT2D eigenvalue weighted by Gasteiger charge is 2.40. The average Bonchev–Trinajstić information content (AvgIpc) is 2.66. The maximum atomic E-state index is 12.3. The number of likely N-dealkylation sites (tertiary alicyclic amines) is 1. The Morgan fingerprint density at radius 2 is 1.93 bits per heavy atom. The van der Waals surface area contributed by atoms with Crippen molar-refractivity contribution < 1.29 is 23.8 Å². The molecule has 0 aromatic heterocycles. The van der Waals surface area contributed by atoms with E-state index in [1.165, 1.54) is 12.5 Å². The van der Waals surface area contributed by atoms with Crippen LogP contribution in [-0.2, 0) is 19.0 Å². The SMILES string of the molecule is CCC(CC1=CCC(OC)(C2CCN(C(=O)OC(C)(C)C)CC2)C=C1)OC(C)=O. The van der Waals surface area contributed by atoms with E-state index in [1.54, 1.807) is 12.0 Å². The summed E-state index contributed by atoms with van der Waals surface area (Å²) in [6.07, 6.45) is 10.2. The Hall–Kier alpha value is -1.82. The largest absolute Gasteiger partial charge is 0.462 e. The molecule has 2 atom stereocenters. The second-order valence-corrected chi connectivity index (χ2v) is 9.06. The van der Waals surface area contributed by atoms with Crippen molar-refractivity contribution >= 4 is 12.1 Å². The Morgan fingerprint density at radius 3 is 2.38 bits per heavy atom. The lowest BCUT2D eigenvalue weighted by Gasteiger charge is -2.43. The number of hydrogen-bond donors (Lipinski definition) is 0. The van der Waals surface area contributed by atoms with Gasteiger partial charge in [-0.2, -0.15) is 0 Å². The predicted octanol–water partition coefficient (Wildman–Crippen LogP) is 4.64. The maximum Gasteiger partial charge on any atom is 0.410 e. The number of methoxy groups -OCH3 is 1. The van der Waals surface area contributed by atoms with Crippen molar-refractivity contribution in [2.75, 3.05) is 20.2 Å². The smallest absolute Gasteiger partial charge is 0.410 e. The second-order valence-electron chi connectivity index (χ2n) is 9.06. The number of carbonyl (C=O) groups is 2. The number of rotatable bonds is 6. The van der Waals surface area contributed by atoms with Gasteiger partial charge in [0.05, 0.1) is 5.60 Å². The minimum absolute atomic E-state index is 0.0875. The van der Waals surface area contributed by atoms with Gasteiger partial charge in [-0.1, -0.05) is 25.2 Å². The first-order valence-electron chi connectivity index (χ1n) is 10.7. The summed E-state index contributed by atoms with van der Waals surface area (Å²) in [5.74, 6) is 0.107. The Balaban J connectivity index is 1.94. The van der Waals surface area contributed by atoms with E-state index in [4.69, 9.17) is 14.2 Å². The lowest BCUT2D eigenvalue weighted by molar-refractivity contribution is -0.146. The van der Waals surface area contributed by atoms with E-state index in [1.807, 2.05) is 27.7 Å². The number of esters is 1. The third-order valence-corrected chi connectivity index (χ3v) is 5.73. The van der Waals surface area contributed by atoms with Crippen LogP contribution in [0.5, 0.6) is 0 Å². The minimum Gasteiger partial charge on any atom is -0.462 e. The molecule has 1 heterocycles. The van der Waals surface area contributed by atoms with Crippen LogP contribution in [0.1, 0.15) is 66.7 Å². The van der Waals surface area contributed by atoms with E-state index >= 15 is 0 Å². The number of carbonyl (C=O) groups excluding carboxylic acids is 2. The summed E-state index contributed by atoms with van der Waals surface area (Å²) in [6.45, 7) is 10.5. The summed E-state index contributed by atoms with van der Waals surface area (Å²) in [5.41, 5.74) is 0.362. The van der Waals surface area contributed by atoms with Gasteiger partial charge in [-0.05, 0) is 57.9 Å². The van der Waals surface area contributed by atoms with Gasteiger partial charge in [-0.15, -0.1) is 0 Å². The summed E-state index contributed by atoms with van der Waals surface area (Å²) in [7, 11) is 1.76. The second kappa shape index (κ2) is 9.79. The van der Waals surface area contributed by atoms with Gasteiger partial charge in [0.15, 0.2) is 0 Å². The standard InChI is InChI=1S/C23H37NO5/c1-7-20(28-17(2)25)16-18-8-12-23(27-6,13-9-18)19-10-14-24(15-11-19)21(26)29-22(3,4)5/h8-9,12,19-20H,7,10-11,13-16H2,1-6H3. The van der Waals surface area contributed by atoms with Crippen LogP contribution in [0.2, 0.25) is 0 Å². The molecule has 1 aliphatic heterocycles. The zero-order chi connectivity index (χ0) is 21.7. The van der Waals surface area contributed by atoms with E-state index < -0.39 is 5.60 Å². The molecule has 2 rings (SSSR count). The van der Waals surface area contributed by atoms with Crippen LogP contribution in [0.3, 0.4) is 0 Å². The molecule has 1 aliphatic carbocycles. The van der Waals surface area contributed by atoms with E-state index in [-0.39, 0.29) is 23.8 Å². The van der Waals surface area contributed by atoms with Crippen molar-refractivity contribution in [1.82, 2.24) is 4.90 Å². The van der Waals surface area contributed by atoms with Gasteiger partial charge < -0.3 is 19.1 Å². The highest BCUT2D eigenvalue weighted by molar-refractivity contribution is 5.68. The van der Waals surface area contributed by atoms with Crippen LogP contribution < -0.4 is 0 Å². The highest BCUT2D eigenvalue weighted by Crippen LogP contribution is 2.39. The minimum atomic E-state index is -0.475. The number of allylic oxidation sites excluding steroid dienone is 1. The summed E-state index contributed by atoms with van der Waals surface area (Å²) >= 11 is 0.